The van der Waals surface area contributed by atoms with Crippen molar-refractivity contribution in [1.29, 1.82) is 0 Å². The standard InChI is InChI=1S/C9H7ClN2O2/c1-14-9(13)6-4-7-8(10)11-2-3-12(7)5-6/h2-5H,1H3. The lowest BCUT2D eigenvalue weighted by Crippen LogP contribution is -1.98. The molecule has 0 radical (unpaired) electrons. The predicted octanol–water partition coefficient (Wildman–Crippen LogP) is 1.77. The molecule has 5 heteroatoms. The normalized spacial score (nSPS) is 10.4. The first-order valence-electron chi connectivity index (χ1n) is 3.93. The Hall–Kier alpha value is -1.55. The Labute approximate surface area is 85.1 Å². The minimum absolute atomic E-state index is 0.364. The maximum absolute atomic E-state index is 11.2. The molecule has 2 rings (SSSR count). The molecule has 0 aliphatic heterocycles. The highest BCUT2D eigenvalue weighted by atomic mass is 35.5. The van der Waals surface area contributed by atoms with E-state index in [2.05, 4.69) is 9.72 Å². The summed E-state index contributed by atoms with van der Waals surface area (Å²) in [7, 11) is 1.34. The van der Waals surface area contributed by atoms with Crippen LogP contribution in [-0.2, 0) is 4.74 Å². The van der Waals surface area contributed by atoms with Gasteiger partial charge < -0.3 is 9.14 Å². The van der Waals surface area contributed by atoms with Gasteiger partial charge in [-0.1, -0.05) is 11.6 Å². The number of hydrogen-bond donors (Lipinski definition) is 0. The van der Waals surface area contributed by atoms with E-state index >= 15 is 0 Å². The van der Waals surface area contributed by atoms with Gasteiger partial charge in [0.2, 0.25) is 0 Å². The third kappa shape index (κ3) is 1.33. The van der Waals surface area contributed by atoms with Crippen molar-refractivity contribution < 1.29 is 9.53 Å². The maximum Gasteiger partial charge on any atom is 0.339 e. The number of carbonyl (C=O) groups excluding carboxylic acids is 1. The van der Waals surface area contributed by atoms with Gasteiger partial charge in [0, 0.05) is 18.6 Å². The van der Waals surface area contributed by atoms with Gasteiger partial charge in [0.25, 0.3) is 0 Å². The zero-order valence-corrected chi connectivity index (χ0v) is 8.15. The first-order chi connectivity index (χ1) is 6.72. The van der Waals surface area contributed by atoms with E-state index in [9.17, 15) is 4.79 Å². The van der Waals surface area contributed by atoms with Crippen LogP contribution in [0.3, 0.4) is 0 Å². The lowest BCUT2D eigenvalue weighted by Gasteiger charge is -1.92. The van der Waals surface area contributed by atoms with Gasteiger partial charge in [0.1, 0.15) is 0 Å². The molecule has 0 bridgehead atoms. The van der Waals surface area contributed by atoms with E-state index in [1.165, 1.54) is 7.11 Å². The summed E-state index contributed by atoms with van der Waals surface area (Å²) in [6.45, 7) is 0. The first-order valence-corrected chi connectivity index (χ1v) is 4.30. The molecule has 0 saturated carbocycles. The van der Waals surface area contributed by atoms with Crippen molar-refractivity contribution in [1.82, 2.24) is 9.38 Å². The van der Waals surface area contributed by atoms with Gasteiger partial charge >= 0.3 is 5.97 Å². The Bertz CT molecular complexity index is 493. The molecule has 72 valence electrons. The van der Waals surface area contributed by atoms with Crippen molar-refractivity contribution in [2.45, 2.75) is 0 Å². The Kier molecular flexibility index (Phi) is 2.13. The van der Waals surface area contributed by atoms with Gasteiger partial charge in [-0.25, -0.2) is 9.78 Å². The Morgan fingerprint density at radius 1 is 1.64 bits per heavy atom. The Balaban J connectivity index is 2.62. The van der Waals surface area contributed by atoms with Crippen LogP contribution in [0.25, 0.3) is 5.52 Å². The summed E-state index contributed by atoms with van der Waals surface area (Å²) >= 11 is 5.83. The lowest BCUT2D eigenvalue weighted by atomic mass is 10.3. The van der Waals surface area contributed by atoms with Crippen molar-refractivity contribution in [2.24, 2.45) is 0 Å². The van der Waals surface area contributed by atoms with E-state index in [1.807, 2.05) is 0 Å². The zero-order valence-electron chi connectivity index (χ0n) is 7.40. The number of esters is 1. The third-order valence-corrected chi connectivity index (χ3v) is 2.19. The molecular weight excluding hydrogens is 204 g/mol. The number of methoxy groups -OCH3 is 1. The van der Waals surface area contributed by atoms with Crippen LogP contribution >= 0.6 is 11.6 Å². The smallest absolute Gasteiger partial charge is 0.339 e. The molecule has 4 nitrogen and oxygen atoms in total. The van der Waals surface area contributed by atoms with Crippen LogP contribution in [0.4, 0.5) is 0 Å². The summed E-state index contributed by atoms with van der Waals surface area (Å²) in [6, 6.07) is 1.64. The summed E-state index contributed by atoms with van der Waals surface area (Å²) < 4.78 is 6.31. The molecule has 2 aromatic heterocycles. The Morgan fingerprint density at radius 2 is 2.43 bits per heavy atom. The zero-order chi connectivity index (χ0) is 10.1. The van der Waals surface area contributed by atoms with Crippen molar-refractivity contribution in [3.63, 3.8) is 0 Å². The topological polar surface area (TPSA) is 43.6 Å². The second kappa shape index (κ2) is 3.31. The number of fused-ring (bicyclic) bond motifs is 1. The molecule has 0 N–H and O–H groups in total. The average Bonchev–Trinajstić information content (AvgIpc) is 2.62. The second-order valence-corrected chi connectivity index (χ2v) is 3.09. The molecule has 0 unspecified atom stereocenters. The average molecular weight is 211 g/mol. The minimum atomic E-state index is -0.384. The molecule has 0 aliphatic carbocycles. The van der Waals surface area contributed by atoms with Crippen molar-refractivity contribution in [2.75, 3.05) is 7.11 Å². The highest BCUT2D eigenvalue weighted by Gasteiger charge is 2.10. The number of hydrogen-bond acceptors (Lipinski definition) is 3. The molecule has 14 heavy (non-hydrogen) atoms. The molecule has 0 fully saturated rings. The first kappa shape index (κ1) is 9.02. The molecule has 0 atom stereocenters. The third-order valence-electron chi connectivity index (χ3n) is 1.90. The highest BCUT2D eigenvalue weighted by Crippen LogP contribution is 2.17. The van der Waals surface area contributed by atoms with E-state index in [0.717, 1.165) is 0 Å². The van der Waals surface area contributed by atoms with E-state index in [1.54, 1.807) is 29.1 Å². The maximum atomic E-state index is 11.2. The molecule has 0 saturated heterocycles. The van der Waals surface area contributed by atoms with Gasteiger partial charge in [-0.2, -0.15) is 0 Å². The predicted molar refractivity (Wildman–Crippen MR) is 51.5 cm³/mol. The largest absolute Gasteiger partial charge is 0.465 e. The van der Waals surface area contributed by atoms with Crippen LogP contribution in [0.2, 0.25) is 5.15 Å². The molecule has 2 aromatic rings. The van der Waals surface area contributed by atoms with E-state index < -0.39 is 0 Å². The van der Waals surface area contributed by atoms with Gasteiger partial charge in [0.05, 0.1) is 18.2 Å². The second-order valence-electron chi connectivity index (χ2n) is 2.73. The van der Waals surface area contributed by atoms with Crippen molar-refractivity contribution >= 4 is 23.1 Å². The summed E-state index contributed by atoms with van der Waals surface area (Å²) in [5.41, 5.74) is 1.15. The molecule has 0 aromatic carbocycles. The fourth-order valence-electron chi connectivity index (χ4n) is 1.23. The molecule has 0 aliphatic rings. The number of nitrogens with zero attached hydrogens (tertiary/aromatic N) is 2. The highest BCUT2D eigenvalue weighted by molar-refractivity contribution is 6.32. The van der Waals surface area contributed by atoms with Crippen LogP contribution in [0.1, 0.15) is 10.4 Å². The number of rotatable bonds is 1. The van der Waals surface area contributed by atoms with Gasteiger partial charge in [-0.05, 0) is 6.07 Å². The van der Waals surface area contributed by atoms with Gasteiger partial charge in [-0.3, -0.25) is 0 Å². The SMILES string of the molecule is COC(=O)c1cc2c(Cl)nccn2c1. The molecular formula is C9H7ClN2O2. The number of halogens is 1. The summed E-state index contributed by atoms with van der Waals surface area (Å²) in [6.07, 6.45) is 4.93. The monoisotopic (exact) mass is 210 g/mol. The van der Waals surface area contributed by atoms with Crippen LogP contribution in [0.5, 0.6) is 0 Å². The van der Waals surface area contributed by atoms with Crippen LogP contribution < -0.4 is 0 Å². The van der Waals surface area contributed by atoms with Crippen molar-refractivity contribution in [3.8, 4) is 0 Å². The van der Waals surface area contributed by atoms with Crippen LogP contribution in [-0.4, -0.2) is 22.5 Å². The van der Waals surface area contributed by atoms with E-state index in [-0.39, 0.29) is 5.97 Å². The number of aromatic nitrogens is 2. The quantitative estimate of drug-likeness (QED) is 0.674. The fourth-order valence-corrected chi connectivity index (χ4v) is 1.44. The van der Waals surface area contributed by atoms with Crippen molar-refractivity contribution in [3.05, 3.63) is 35.4 Å². The van der Waals surface area contributed by atoms with Gasteiger partial charge in [0.15, 0.2) is 5.15 Å². The number of ether oxygens (including phenoxy) is 1. The molecule has 2 heterocycles. The molecule has 0 amide bonds. The van der Waals surface area contributed by atoms with E-state index in [0.29, 0.717) is 16.2 Å². The minimum Gasteiger partial charge on any atom is -0.465 e. The summed E-state index contributed by atoms with van der Waals surface area (Å²) in [4.78, 5) is 15.1. The lowest BCUT2D eigenvalue weighted by molar-refractivity contribution is 0.0601. The van der Waals surface area contributed by atoms with Crippen LogP contribution in [0, 0.1) is 0 Å². The summed E-state index contributed by atoms with van der Waals surface area (Å²) in [5.74, 6) is -0.384. The van der Waals surface area contributed by atoms with Gasteiger partial charge in [-0.15, -0.1) is 0 Å². The van der Waals surface area contributed by atoms with Crippen LogP contribution in [0.15, 0.2) is 24.7 Å². The molecule has 0 spiro atoms. The van der Waals surface area contributed by atoms with E-state index in [4.69, 9.17) is 11.6 Å². The number of carbonyl (C=O) groups is 1. The Morgan fingerprint density at radius 3 is 3.07 bits per heavy atom. The summed E-state index contributed by atoms with van der Waals surface area (Å²) in [5, 5.41) is 0.364. The fraction of sp³-hybridized carbons (Fsp3) is 0.111.